The van der Waals surface area contributed by atoms with Crippen LogP contribution in [0.15, 0.2) is 42.6 Å². The van der Waals surface area contributed by atoms with Gasteiger partial charge in [0.05, 0.1) is 11.7 Å². The van der Waals surface area contributed by atoms with Crippen LogP contribution in [-0.2, 0) is 6.42 Å². The maximum absolute atomic E-state index is 10.7. The summed E-state index contributed by atoms with van der Waals surface area (Å²) in [6, 6.07) is 14.2. The summed E-state index contributed by atoms with van der Waals surface area (Å²) in [7, 11) is 0. The molecule has 0 saturated carbocycles. The number of fused-ring (bicyclic) bond motifs is 1. The number of aliphatic hydroxyl groups excluding tert-OH is 1. The first-order chi connectivity index (χ1) is 12.3. The summed E-state index contributed by atoms with van der Waals surface area (Å²) in [5.41, 5.74) is 2.96. The molecule has 2 atom stereocenters. The van der Waals surface area contributed by atoms with Crippen molar-refractivity contribution in [3.63, 3.8) is 0 Å². The lowest BCUT2D eigenvalue weighted by molar-refractivity contribution is 0.0647. The lowest BCUT2D eigenvalue weighted by atomic mass is 10.1. The van der Waals surface area contributed by atoms with E-state index in [1.54, 1.807) is 12.3 Å². The van der Waals surface area contributed by atoms with Crippen molar-refractivity contribution in [1.29, 1.82) is 5.26 Å². The van der Waals surface area contributed by atoms with Gasteiger partial charge in [-0.2, -0.15) is 5.26 Å². The van der Waals surface area contributed by atoms with Crippen LogP contribution in [0.4, 0.5) is 5.82 Å². The van der Waals surface area contributed by atoms with Gasteiger partial charge in [0, 0.05) is 38.4 Å². The van der Waals surface area contributed by atoms with Gasteiger partial charge in [-0.25, -0.2) is 4.98 Å². The van der Waals surface area contributed by atoms with Crippen molar-refractivity contribution in [2.45, 2.75) is 25.0 Å². The second-order valence-corrected chi connectivity index (χ2v) is 6.78. The standard InChI is InChI=1S/C20H22N4O/c21-14-16-6-3-8-22-20(16)24-10-4-9-23(11-12-24)18-13-15-5-1-2-7-17(15)19(18)25/h1-3,5-8,18-19,25H,4,9-13H2/t18-,19+/m1/s1. The topological polar surface area (TPSA) is 63.4 Å². The van der Waals surface area contributed by atoms with E-state index in [1.165, 1.54) is 5.56 Å². The zero-order chi connectivity index (χ0) is 17.2. The molecule has 0 spiro atoms. The number of anilines is 1. The first-order valence-electron chi connectivity index (χ1n) is 8.88. The van der Waals surface area contributed by atoms with Crippen LogP contribution in [0.3, 0.4) is 0 Å². The van der Waals surface area contributed by atoms with Crippen LogP contribution >= 0.6 is 0 Å². The summed E-state index contributed by atoms with van der Waals surface area (Å²) in [6.45, 7) is 3.54. The Bertz CT molecular complexity index is 800. The maximum Gasteiger partial charge on any atom is 0.146 e. The number of hydrogen-bond acceptors (Lipinski definition) is 5. The number of benzene rings is 1. The van der Waals surface area contributed by atoms with Crippen molar-refractivity contribution in [2.24, 2.45) is 0 Å². The lowest BCUT2D eigenvalue weighted by Crippen LogP contribution is -2.41. The van der Waals surface area contributed by atoms with Crippen molar-refractivity contribution in [3.05, 3.63) is 59.3 Å². The zero-order valence-electron chi connectivity index (χ0n) is 14.2. The molecule has 1 saturated heterocycles. The quantitative estimate of drug-likeness (QED) is 0.911. The Morgan fingerprint density at radius 1 is 1.08 bits per heavy atom. The molecular weight excluding hydrogens is 312 g/mol. The molecule has 1 fully saturated rings. The van der Waals surface area contributed by atoms with Gasteiger partial charge in [0.25, 0.3) is 0 Å². The highest BCUT2D eigenvalue weighted by atomic mass is 16.3. The summed E-state index contributed by atoms with van der Waals surface area (Å²) < 4.78 is 0. The van der Waals surface area contributed by atoms with Crippen molar-refractivity contribution >= 4 is 5.82 Å². The zero-order valence-corrected chi connectivity index (χ0v) is 14.2. The number of nitrogens with zero attached hydrogens (tertiary/aromatic N) is 4. The number of pyridine rings is 1. The fraction of sp³-hybridized carbons (Fsp3) is 0.400. The Labute approximate surface area is 148 Å². The number of aromatic nitrogens is 1. The summed E-state index contributed by atoms with van der Waals surface area (Å²) >= 11 is 0. The van der Waals surface area contributed by atoms with Crippen molar-refractivity contribution in [1.82, 2.24) is 9.88 Å². The van der Waals surface area contributed by atoms with Gasteiger partial charge < -0.3 is 10.0 Å². The van der Waals surface area contributed by atoms with Crippen LogP contribution in [0.25, 0.3) is 0 Å². The third-order valence-corrected chi connectivity index (χ3v) is 5.37. The monoisotopic (exact) mass is 334 g/mol. The molecule has 4 rings (SSSR count). The average Bonchev–Trinajstić information content (AvgIpc) is 2.84. The van der Waals surface area contributed by atoms with E-state index in [0.717, 1.165) is 50.4 Å². The van der Waals surface area contributed by atoms with Crippen LogP contribution < -0.4 is 4.90 Å². The molecule has 1 N–H and O–H groups in total. The maximum atomic E-state index is 10.7. The van der Waals surface area contributed by atoms with E-state index in [9.17, 15) is 10.4 Å². The second-order valence-electron chi connectivity index (χ2n) is 6.78. The minimum Gasteiger partial charge on any atom is -0.387 e. The largest absolute Gasteiger partial charge is 0.387 e. The van der Waals surface area contributed by atoms with Crippen LogP contribution in [-0.4, -0.2) is 47.2 Å². The highest BCUT2D eigenvalue weighted by molar-refractivity contribution is 5.53. The molecular formula is C20H22N4O. The number of rotatable bonds is 2. The Morgan fingerprint density at radius 2 is 1.96 bits per heavy atom. The molecule has 2 aromatic rings. The Morgan fingerprint density at radius 3 is 2.80 bits per heavy atom. The first kappa shape index (κ1) is 16.1. The summed E-state index contributed by atoms with van der Waals surface area (Å²) in [5, 5.41) is 20.1. The minimum atomic E-state index is -0.410. The van der Waals surface area contributed by atoms with E-state index in [-0.39, 0.29) is 6.04 Å². The van der Waals surface area contributed by atoms with E-state index >= 15 is 0 Å². The molecule has 1 aliphatic carbocycles. The fourth-order valence-electron chi connectivity index (χ4n) is 4.10. The smallest absolute Gasteiger partial charge is 0.146 e. The molecule has 5 nitrogen and oxygen atoms in total. The molecule has 0 radical (unpaired) electrons. The van der Waals surface area contributed by atoms with Gasteiger partial charge in [-0.3, -0.25) is 4.90 Å². The number of hydrogen-bond donors (Lipinski definition) is 1. The third kappa shape index (κ3) is 2.99. The van der Waals surface area contributed by atoms with Gasteiger partial charge in [0.15, 0.2) is 0 Å². The fourth-order valence-corrected chi connectivity index (χ4v) is 4.10. The number of aliphatic hydroxyl groups is 1. The Kier molecular flexibility index (Phi) is 4.39. The molecule has 1 aromatic heterocycles. The van der Waals surface area contributed by atoms with Crippen LogP contribution in [0, 0.1) is 11.3 Å². The SMILES string of the molecule is N#Cc1cccnc1N1CCCN([C@@H]2Cc3ccccc3[C@@H]2O)CC1. The molecule has 5 heteroatoms. The minimum absolute atomic E-state index is 0.150. The average molecular weight is 334 g/mol. The van der Waals surface area contributed by atoms with E-state index in [0.29, 0.717) is 5.56 Å². The Balaban J connectivity index is 1.49. The van der Waals surface area contributed by atoms with Crippen LogP contribution in [0.5, 0.6) is 0 Å². The molecule has 128 valence electrons. The predicted octanol–water partition coefficient (Wildman–Crippen LogP) is 2.12. The highest BCUT2D eigenvalue weighted by Crippen LogP contribution is 2.34. The van der Waals surface area contributed by atoms with E-state index in [1.807, 2.05) is 24.3 Å². The summed E-state index contributed by atoms with van der Waals surface area (Å²) in [5.74, 6) is 0.780. The van der Waals surface area contributed by atoms with Gasteiger partial charge in [0.2, 0.25) is 0 Å². The van der Waals surface area contributed by atoms with E-state index in [2.05, 4.69) is 26.9 Å². The molecule has 1 aromatic carbocycles. The predicted molar refractivity (Wildman–Crippen MR) is 96.2 cm³/mol. The van der Waals surface area contributed by atoms with Gasteiger partial charge in [-0.1, -0.05) is 24.3 Å². The molecule has 1 aliphatic heterocycles. The van der Waals surface area contributed by atoms with Gasteiger partial charge in [-0.15, -0.1) is 0 Å². The van der Waals surface area contributed by atoms with E-state index < -0.39 is 6.10 Å². The molecule has 2 aliphatic rings. The second kappa shape index (κ2) is 6.83. The molecule has 0 bridgehead atoms. The van der Waals surface area contributed by atoms with Crippen molar-refractivity contribution in [2.75, 3.05) is 31.1 Å². The molecule has 25 heavy (non-hydrogen) atoms. The van der Waals surface area contributed by atoms with Gasteiger partial charge in [-0.05, 0) is 36.1 Å². The van der Waals surface area contributed by atoms with Gasteiger partial charge >= 0.3 is 0 Å². The molecule has 0 amide bonds. The lowest BCUT2D eigenvalue weighted by Gasteiger charge is -2.30. The highest BCUT2D eigenvalue weighted by Gasteiger charge is 2.35. The van der Waals surface area contributed by atoms with Crippen molar-refractivity contribution < 1.29 is 5.11 Å². The first-order valence-corrected chi connectivity index (χ1v) is 8.88. The molecule has 0 unspecified atom stereocenters. The normalized spacial score (nSPS) is 23.8. The number of nitriles is 1. The summed E-state index contributed by atoms with van der Waals surface area (Å²) in [4.78, 5) is 9.02. The van der Waals surface area contributed by atoms with E-state index in [4.69, 9.17) is 0 Å². The third-order valence-electron chi connectivity index (χ3n) is 5.37. The van der Waals surface area contributed by atoms with Crippen LogP contribution in [0.2, 0.25) is 0 Å². The van der Waals surface area contributed by atoms with Crippen molar-refractivity contribution in [3.8, 4) is 6.07 Å². The molecule has 2 heterocycles. The summed E-state index contributed by atoms with van der Waals surface area (Å²) in [6.07, 6.45) is 3.24. The Hall–Kier alpha value is -2.42. The van der Waals surface area contributed by atoms with Crippen LogP contribution in [0.1, 0.15) is 29.2 Å². The van der Waals surface area contributed by atoms with Gasteiger partial charge in [0.1, 0.15) is 11.9 Å².